The third kappa shape index (κ3) is 2.73. The Labute approximate surface area is 152 Å². The van der Waals surface area contributed by atoms with Crippen molar-refractivity contribution in [2.45, 2.75) is 25.6 Å². The van der Waals surface area contributed by atoms with Gasteiger partial charge in [0.1, 0.15) is 18.5 Å². The van der Waals surface area contributed by atoms with E-state index in [9.17, 15) is 14.0 Å². The van der Waals surface area contributed by atoms with Crippen molar-refractivity contribution >= 4 is 28.4 Å². The number of carbonyl (C=O) groups is 2. The first-order chi connectivity index (χ1) is 13.0. The van der Waals surface area contributed by atoms with Crippen LogP contribution in [0.15, 0.2) is 24.7 Å². The van der Waals surface area contributed by atoms with E-state index in [0.717, 1.165) is 0 Å². The number of aromatic nitrogens is 4. The normalized spacial score (nSPS) is 22.3. The molecule has 1 saturated heterocycles. The first-order valence-corrected chi connectivity index (χ1v) is 8.49. The lowest BCUT2D eigenvalue weighted by Crippen LogP contribution is -2.35. The Bertz CT molecular complexity index is 1050. The largest absolute Gasteiger partial charge is 0.474 e. The molecule has 0 saturated carbocycles. The van der Waals surface area contributed by atoms with Crippen molar-refractivity contribution in [3.05, 3.63) is 30.2 Å². The fraction of sp³-hybridized carbons (Fsp3) is 0.353. The molecular formula is C17H17FN6O3. The van der Waals surface area contributed by atoms with Gasteiger partial charge in [0.2, 0.25) is 5.88 Å². The number of ether oxygens (including phenoxy) is 1. The molecule has 0 aliphatic carbocycles. The molecular weight excluding hydrogens is 355 g/mol. The number of nitrogens with two attached hydrogens (primary N) is 1. The van der Waals surface area contributed by atoms with E-state index in [2.05, 4.69) is 20.4 Å². The van der Waals surface area contributed by atoms with Crippen LogP contribution in [-0.2, 0) is 4.79 Å². The molecule has 3 unspecified atom stereocenters. The topological polar surface area (TPSA) is 124 Å². The van der Waals surface area contributed by atoms with E-state index in [0.29, 0.717) is 17.3 Å². The predicted octanol–water partition coefficient (Wildman–Crippen LogP) is 0.618. The van der Waals surface area contributed by atoms with Gasteiger partial charge in [-0.1, -0.05) is 6.92 Å². The summed E-state index contributed by atoms with van der Waals surface area (Å²) in [4.78, 5) is 31.6. The molecule has 2 amide bonds. The maximum Gasteiger partial charge on any atom is 0.255 e. The van der Waals surface area contributed by atoms with Crippen LogP contribution in [0.3, 0.4) is 0 Å². The van der Waals surface area contributed by atoms with Crippen LogP contribution in [0, 0.1) is 5.92 Å². The monoisotopic (exact) mass is 372 g/mol. The second kappa shape index (κ2) is 6.45. The maximum atomic E-state index is 13.9. The van der Waals surface area contributed by atoms with Crippen molar-refractivity contribution < 1.29 is 18.7 Å². The SMILES string of the molecule is CCC1C(COc2nccc3cc(C(N)=O)c4ncnn4c23)NC(=O)C1F. The number of amides is 2. The fourth-order valence-corrected chi connectivity index (χ4v) is 3.47. The molecule has 0 spiro atoms. The van der Waals surface area contributed by atoms with Gasteiger partial charge >= 0.3 is 0 Å². The fourth-order valence-electron chi connectivity index (χ4n) is 3.47. The van der Waals surface area contributed by atoms with Crippen molar-refractivity contribution in [2.24, 2.45) is 11.7 Å². The Morgan fingerprint density at radius 2 is 2.26 bits per heavy atom. The summed E-state index contributed by atoms with van der Waals surface area (Å²) in [5.74, 6) is -1.46. The Balaban J connectivity index is 1.72. The van der Waals surface area contributed by atoms with Gasteiger partial charge in [0.15, 0.2) is 11.8 Å². The molecule has 9 nitrogen and oxygen atoms in total. The van der Waals surface area contributed by atoms with Crippen molar-refractivity contribution in [3.63, 3.8) is 0 Å². The Kier molecular flexibility index (Phi) is 4.09. The summed E-state index contributed by atoms with van der Waals surface area (Å²) in [6.07, 6.45) is 1.79. The van der Waals surface area contributed by atoms with Crippen molar-refractivity contribution in [3.8, 4) is 5.88 Å². The van der Waals surface area contributed by atoms with Gasteiger partial charge in [0.25, 0.3) is 11.8 Å². The number of hydrogen-bond donors (Lipinski definition) is 2. The second-order valence-electron chi connectivity index (χ2n) is 6.37. The number of carbonyl (C=O) groups excluding carboxylic acids is 2. The molecule has 3 aromatic rings. The number of halogens is 1. The number of nitrogens with one attached hydrogen (secondary N) is 1. The minimum absolute atomic E-state index is 0.0601. The first kappa shape index (κ1) is 17.1. The highest BCUT2D eigenvalue weighted by Gasteiger charge is 2.41. The highest BCUT2D eigenvalue weighted by Crippen LogP contribution is 2.28. The van der Waals surface area contributed by atoms with E-state index >= 15 is 0 Å². The minimum Gasteiger partial charge on any atom is -0.474 e. The van der Waals surface area contributed by atoms with Gasteiger partial charge in [-0.2, -0.15) is 5.10 Å². The lowest BCUT2D eigenvalue weighted by Gasteiger charge is -2.18. The van der Waals surface area contributed by atoms with E-state index in [1.165, 1.54) is 17.0 Å². The van der Waals surface area contributed by atoms with Gasteiger partial charge in [-0.15, -0.1) is 0 Å². The zero-order chi connectivity index (χ0) is 19.1. The van der Waals surface area contributed by atoms with E-state index in [-0.39, 0.29) is 23.7 Å². The number of primary amides is 1. The number of nitrogens with zero attached hydrogens (tertiary/aromatic N) is 4. The van der Waals surface area contributed by atoms with Gasteiger partial charge in [-0.05, 0) is 18.6 Å². The number of pyridine rings is 2. The maximum absolute atomic E-state index is 13.9. The van der Waals surface area contributed by atoms with Crippen molar-refractivity contribution in [1.82, 2.24) is 24.9 Å². The smallest absolute Gasteiger partial charge is 0.255 e. The number of hydrogen-bond acceptors (Lipinski definition) is 6. The Morgan fingerprint density at radius 1 is 1.44 bits per heavy atom. The molecule has 1 fully saturated rings. The number of rotatable bonds is 5. The third-order valence-corrected chi connectivity index (χ3v) is 4.83. The Morgan fingerprint density at radius 3 is 3.00 bits per heavy atom. The van der Waals surface area contributed by atoms with Crippen LogP contribution in [0.2, 0.25) is 0 Å². The molecule has 0 radical (unpaired) electrons. The molecule has 27 heavy (non-hydrogen) atoms. The van der Waals surface area contributed by atoms with Gasteiger partial charge in [0, 0.05) is 17.5 Å². The Hall–Kier alpha value is -3.30. The van der Waals surface area contributed by atoms with Crippen LogP contribution in [0.4, 0.5) is 4.39 Å². The highest BCUT2D eigenvalue weighted by molar-refractivity contribution is 6.03. The summed E-state index contributed by atoms with van der Waals surface area (Å²) < 4.78 is 21.2. The molecule has 1 aliphatic heterocycles. The summed E-state index contributed by atoms with van der Waals surface area (Å²) in [7, 11) is 0. The minimum atomic E-state index is -1.54. The van der Waals surface area contributed by atoms with E-state index in [1.807, 2.05) is 6.92 Å². The number of alkyl halides is 1. The van der Waals surface area contributed by atoms with E-state index < -0.39 is 29.9 Å². The second-order valence-corrected chi connectivity index (χ2v) is 6.37. The van der Waals surface area contributed by atoms with Gasteiger partial charge < -0.3 is 15.8 Å². The molecule has 10 heteroatoms. The molecule has 0 aromatic carbocycles. The third-order valence-electron chi connectivity index (χ3n) is 4.83. The number of fused-ring (bicyclic) bond motifs is 3. The van der Waals surface area contributed by atoms with Crippen LogP contribution in [0.5, 0.6) is 5.88 Å². The molecule has 3 N–H and O–H groups in total. The zero-order valence-electron chi connectivity index (χ0n) is 14.4. The summed E-state index contributed by atoms with van der Waals surface area (Å²) in [6, 6.07) is 2.84. The summed E-state index contributed by atoms with van der Waals surface area (Å²) in [5.41, 5.74) is 6.44. The average Bonchev–Trinajstić information content (AvgIpc) is 3.24. The standard InChI is InChI=1S/C17H17FN6O3/c1-2-9-11(23-16(26)12(9)18)6-27-17-13-8(3-4-20-17)5-10(14(19)25)15-21-7-22-24(13)15/h3-5,7,9,11-12H,2,6H2,1H3,(H2,19,25)(H,23,26). The molecule has 4 rings (SSSR count). The highest BCUT2D eigenvalue weighted by atomic mass is 19.1. The average molecular weight is 372 g/mol. The zero-order valence-corrected chi connectivity index (χ0v) is 14.4. The molecule has 3 atom stereocenters. The summed E-state index contributed by atoms with van der Waals surface area (Å²) >= 11 is 0. The van der Waals surface area contributed by atoms with Crippen LogP contribution >= 0.6 is 0 Å². The molecule has 0 bridgehead atoms. The molecule has 1 aliphatic rings. The first-order valence-electron chi connectivity index (χ1n) is 8.49. The van der Waals surface area contributed by atoms with Gasteiger partial charge in [-0.25, -0.2) is 18.9 Å². The van der Waals surface area contributed by atoms with Gasteiger partial charge in [0.05, 0.1) is 11.6 Å². The van der Waals surface area contributed by atoms with Crippen LogP contribution in [0.25, 0.3) is 16.6 Å². The summed E-state index contributed by atoms with van der Waals surface area (Å²) in [6.45, 7) is 1.88. The van der Waals surface area contributed by atoms with Crippen molar-refractivity contribution in [1.29, 1.82) is 0 Å². The summed E-state index contributed by atoms with van der Waals surface area (Å²) in [5, 5.41) is 7.39. The lowest BCUT2D eigenvalue weighted by molar-refractivity contribution is -0.123. The predicted molar refractivity (Wildman–Crippen MR) is 92.9 cm³/mol. The van der Waals surface area contributed by atoms with E-state index in [4.69, 9.17) is 10.5 Å². The quantitative estimate of drug-likeness (QED) is 0.676. The van der Waals surface area contributed by atoms with Crippen LogP contribution in [0.1, 0.15) is 23.7 Å². The molecule has 140 valence electrons. The van der Waals surface area contributed by atoms with Crippen LogP contribution < -0.4 is 15.8 Å². The molecule has 4 heterocycles. The molecule has 3 aromatic heterocycles. The van der Waals surface area contributed by atoms with Crippen LogP contribution in [-0.4, -0.2) is 50.2 Å². The van der Waals surface area contributed by atoms with E-state index in [1.54, 1.807) is 12.1 Å². The van der Waals surface area contributed by atoms with Gasteiger partial charge in [-0.3, -0.25) is 9.59 Å². The lowest BCUT2D eigenvalue weighted by atomic mass is 9.97. The van der Waals surface area contributed by atoms with Crippen molar-refractivity contribution in [2.75, 3.05) is 6.61 Å².